The van der Waals surface area contributed by atoms with E-state index in [1.54, 1.807) is 7.11 Å². The Bertz CT molecular complexity index is 1160. The van der Waals surface area contributed by atoms with Gasteiger partial charge in [0.05, 0.1) is 18.6 Å². The Labute approximate surface area is 248 Å². The van der Waals surface area contributed by atoms with E-state index in [1.165, 1.54) is 88.3 Å². The molecule has 4 saturated carbocycles. The summed E-state index contributed by atoms with van der Waals surface area (Å²) in [5.74, 6) is 2.72. The minimum atomic E-state index is -0.424. The lowest BCUT2D eigenvalue weighted by Gasteiger charge is -2.67. The number of hydrogen-bond acceptors (Lipinski definition) is 5. The van der Waals surface area contributed by atoms with E-state index in [9.17, 15) is 5.11 Å². The van der Waals surface area contributed by atoms with Crippen molar-refractivity contribution in [2.45, 2.75) is 127 Å². The monoisotopic (exact) mass is 562 g/mol. The molecule has 0 radical (unpaired) electrons. The summed E-state index contributed by atoms with van der Waals surface area (Å²) in [7, 11) is 4.18. The van der Waals surface area contributed by atoms with Crippen LogP contribution in [0.2, 0.25) is 0 Å². The van der Waals surface area contributed by atoms with Gasteiger partial charge in [-0.25, -0.2) is 0 Å². The van der Waals surface area contributed by atoms with Crippen molar-refractivity contribution in [1.29, 1.82) is 0 Å². The van der Waals surface area contributed by atoms with E-state index >= 15 is 0 Å². The number of unbranched alkanes of at least 4 members (excludes halogenated alkanes) is 4. The highest BCUT2D eigenvalue weighted by Gasteiger charge is 2.61. The zero-order chi connectivity index (χ0) is 28.5. The smallest absolute Gasteiger partial charge is 0.166 e. The Morgan fingerprint density at radius 2 is 1.78 bits per heavy atom. The Morgan fingerprint density at radius 3 is 2.54 bits per heavy atom. The molecule has 7 atom stereocenters. The van der Waals surface area contributed by atoms with E-state index in [0.717, 1.165) is 43.5 Å². The Kier molecular flexibility index (Phi) is 7.07. The van der Waals surface area contributed by atoms with Crippen LogP contribution in [0.3, 0.4) is 0 Å². The van der Waals surface area contributed by atoms with Crippen LogP contribution < -0.4 is 9.47 Å². The molecular weight excluding hydrogens is 508 g/mol. The molecule has 226 valence electrons. The Hall–Kier alpha value is -1.56. The number of methoxy groups -OCH3 is 1. The van der Waals surface area contributed by atoms with Crippen LogP contribution in [0.1, 0.15) is 108 Å². The molecule has 1 aromatic rings. The highest BCUT2D eigenvalue weighted by Crippen LogP contribution is 2.67. The molecule has 0 saturated heterocycles. The number of nitrogens with zero attached hydrogens (tertiary/aromatic N) is 2. The first-order valence-corrected chi connectivity index (χ1v) is 16.8. The van der Waals surface area contributed by atoms with Gasteiger partial charge in [0.1, 0.15) is 6.10 Å². The van der Waals surface area contributed by atoms with Crippen molar-refractivity contribution < 1.29 is 14.6 Å². The molecule has 0 aromatic heterocycles. The third-order valence-corrected chi connectivity index (χ3v) is 12.4. The molecule has 0 amide bonds. The fourth-order valence-electron chi connectivity index (χ4n) is 11.5. The third kappa shape index (κ3) is 4.86. The minimum Gasteiger partial charge on any atom is -0.493 e. The van der Waals surface area contributed by atoms with Gasteiger partial charge >= 0.3 is 0 Å². The fourth-order valence-corrected chi connectivity index (χ4v) is 11.5. The van der Waals surface area contributed by atoms with Gasteiger partial charge in [-0.1, -0.05) is 51.3 Å². The van der Waals surface area contributed by atoms with E-state index in [-0.39, 0.29) is 11.5 Å². The van der Waals surface area contributed by atoms with Gasteiger partial charge in [0.15, 0.2) is 11.5 Å². The van der Waals surface area contributed by atoms with Crippen LogP contribution in [0.15, 0.2) is 24.3 Å². The minimum absolute atomic E-state index is 0.00483. The van der Waals surface area contributed by atoms with Gasteiger partial charge in [0.25, 0.3) is 0 Å². The van der Waals surface area contributed by atoms with Gasteiger partial charge < -0.3 is 19.5 Å². The second-order valence-corrected chi connectivity index (χ2v) is 16.0. The first kappa shape index (κ1) is 28.2. The second kappa shape index (κ2) is 10.3. The van der Waals surface area contributed by atoms with Crippen molar-refractivity contribution in [3.63, 3.8) is 0 Å². The molecule has 4 fully saturated rings. The summed E-state index contributed by atoms with van der Waals surface area (Å²) in [6.07, 6.45) is 21.0. The molecule has 4 bridgehead atoms. The van der Waals surface area contributed by atoms with Crippen molar-refractivity contribution in [3.8, 4) is 11.5 Å². The predicted molar refractivity (Wildman–Crippen MR) is 165 cm³/mol. The molecular formula is C36H54N2O3. The molecule has 41 heavy (non-hydrogen) atoms. The highest BCUT2D eigenvalue weighted by atomic mass is 16.5. The lowest BCUT2D eigenvalue weighted by Crippen LogP contribution is -2.64. The second-order valence-electron chi connectivity index (χ2n) is 16.0. The maximum absolute atomic E-state index is 10.3. The largest absolute Gasteiger partial charge is 0.493 e. The van der Waals surface area contributed by atoms with Crippen molar-refractivity contribution in [1.82, 2.24) is 9.80 Å². The van der Waals surface area contributed by atoms with Crippen LogP contribution in [-0.4, -0.2) is 66.4 Å². The maximum atomic E-state index is 10.3. The zero-order valence-corrected chi connectivity index (χ0v) is 26.2. The number of ether oxygens (including phenoxy) is 2. The molecule has 5 heteroatoms. The summed E-state index contributed by atoms with van der Waals surface area (Å²) >= 11 is 0. The molecule has 5 aliphatic carbocycles. The zero-order valence-electron chi connectivity index (χ0n) is 26.2. The van der Waals surface area contributed by atoms with Crippen LogP contribution in [0.5, 0.6) is 11.5 Å². The lowest BCUT2D eigenvalue weighted by molar-refractivity contribution is -0.156. The normalized spacial score (nSPS) is 40.4. The van der Waals surface area contributed by atoms with Crippen molar-refractivity contribution in [2.75, 3.05) is 33.8 Å². The maximum Gasteiger partial charge on any atom is 0.166 e. The van der Waals surface area contributed by atoms with Crippen LogP contribution >= 0.6 is 0 Å². The lowest BCUT2D eigenvalue weighted by atomic mass is 9.42. The van der Waals surface area contributed by atoms with Crippen LogP contribution in [0.4, 0.5) is 0 Å². The summed E-state index contributed by atoms with van der Waals surface area (Å²) < 4.78 is 12.2. The van der Waals surface area contributed by atoms with Crippen LogP contribution in [-0.2, 0) is 12.0 Å². The van der Waals surface area contributed by atoms with Crippen LogP contribution in [0.25, 0.3) is 0 Å². The molecule has 2 unspecified atom stereocenters. The fraction of sp³-hybridized carbons (Fsp3) is 0.778. The predicted octanol–water partition coefficient (Wildman–Crippen LogP) is 6.85. The quantitative estimate of drug-likeness (QED) is 0.250. The molecule has 1 spiro atoms. The summed E-state index contributed by atoms with van der Waals surface area (Å²) in [6.45, 7) is 9.70. The average Bonchev–Trinajstić information content (AvgIpc) is 3.14. The van der Waals surface area contributed by atoms with E-state index < -0.39 is 6.10 Å². The first-order chi connectivity index (χ1) is 19.6. The summed E-state index contributed by atoms with van der Waals surface area (Å²) in [5.41, 5.74) is 4.25. The highest BCUT2D eigenvalue weighted by molar-refractivity contribution is 5.61. The van der Waals surface area contributed by atoms with Gasteiger partial charge in [-0.05, 0) is 113 Å². The molecule has 1 N–H and O–H groups in total. The van der Waals surface area contributed by atoms with E-state index in [2.05, 4.69) is 48.9 Å². The Morgan fingerprint density at radius 1 is 1.02 bits per heavy atom. The topological polar surface area (TPSA) is 45.2 Å². The molecule has 2 aliphatic heterocycles. The van der Waals surface area contributed by atoms with Gasteiger partial charge in [0.2, 0.25) is 0 Å². The number of hydrogen-bond donors (Lipinski definition) is 1. The molecule has 1 aromatic carbocycles. The van der Waals surface area contributed by atoms with Gasteiger partial charge in [0, 0.05) is 24.1 Å². The van der Waals surface area contributed by atoms with Gasteiger partial charge in [-0.2, -0.15) is 0 Å². The molecule has 2 heterocycles. The summed E-state index contributed by atoms with van der Waals surface area (Å²) in [5, 5.41) is 10.3. The number of aliphatic hydroxyl groups is 1. The van der Waals surface area contributed by atoms with E-state index in [0.29, 0.717) is 22.8 Å². The summed E-state index contributed by atoms with van der Waals surface area (Å²) in [6, 6.07) is 4.33. The first-order valence-electron chi connectivity index (χ1n) is 16.8. The van der Waals surface area contributed by atoms with E-state index in [1.807, 2.05) is 6.08 Å². The Balaban J connectivity index is 0.896. The summed E-state index contributed by atoms with van der Waals surface area (Å²) in [4.78, 5) is 5.48. The number of benzene rings is 1. The standard InChI is InChI=1S/C36H54N2O3/c1-33-19-26-20-34(2,23-33)25-35(21-26,24-33)37(3)15-8-6-5-7-9-16-38-17-14-36-13-12-28(39)18-30(36)41-32-29(40-4)11-10-27(22-38)31(32)36/h10-13,26,28,30,39H,5-9,14-25H2,1-4H3/t26?,28-,30-,33-,34+,35?,36-/m0/s1. The number of aliphatic hydroxyl groups excluding tert-OH is 1. The SMILES string of the molecule is COc1ccc2c3c1O[C@H]1C[C@@H](O)C=C[C@@]31CCN(CCCCCCCN(C)C13CC4C[C@@](C)(C1)C[C@](C)(C4)C3)C2. The number of rotatable bonds is 10. The van der Waals surface area contributed by atoms with Gasteiger partial charge in [-0.15, -0.1) is 0 Å². The third-order valence-electron chi connectivity index (χ3n) is 12.4. The van der Waals surface area contributed by atoms with Gasteiger partial charge in [-0.3, -0.25) is 4.90 Å². The molecule has 7 aliphatic rings. The van der Waals surface area contributed by atoms with Crippen molar-refractivity contribution in [2.24, 2.45) is 16.7 Å². The van der Waals surface area contributed by atoms with Crippen molar-refractivity contribution >= 4 is 0 Å². The van der Waals surface area contributed by atoms with Crippen molar-refractivity contribution in [3.05, 3.63) is 35.4 Å². The molecule has 8 rings (SSSR count). The average molecular weight is 563 g/mol. The molecule has 5 nitrogen and oxygen atoms in total. The van der Waals surface area contributed by atoms with E-state index in [4.69, 9.17) is 9.47 Å². The van der Waals surface area contributed by atoms with Crippen LogP contribution in [0, 0.1) is 16.7 Å².